The Morgan fingerprint density at radius 2 is 1.74 bits per heavy atom. The minimum Gasteiger partial charge on any atom is -0.399 e. The van der Waals surface area contributed by atoms with E-state index in [1.54, 1.807) is 30.3 Å². The zero-order chi connectivity index (χ0) is 13.8. The Bertz CT molecular complexity index is 533. The molecular formula is C13H13N3O3. The number of carbonyl (C=O) groups excluding carboxylic acids is 3. The highest BCUT2D eigenvalue weighted by Gasteiger charge is 2.24. The van der Waals surface area contributed by atoms with Crippen LogP contribution >= 0.6 is 0 Å². The molecule has 0 saturated carbocycles. The molecule has 98 valence electrons. The molecule has 1 aromatic rings. The van der Waals surface area contributed by atoms with Gasteiger partial charge < -0.3 is 10.6 Å². The van der Waals surface area contributed by atoms with Gasteiger partial charge in [-0.25, -0.2) is 0 Å². The lowest BCUT2D eigenvalue weighted by atomic mass is 10.2. The number of piperazine rings is 1. The van der Waals surface area contributed by atoms with E-state index in [4.69, 9.17) is 5.73 Å². The van der Waals surface area contributed by atoms with E-state index in [-0.39, 0.29) is 19.0 Å². The number of carbonyl (C=O) groups is 3. The fraction of sp³-hybridized carbons (Fsp3) is 0.154. The molecular weight excluding hydrogens is 246 g/mol. The van der Waals surface area contributed by atoms with Crippen molar-refractivity contribution in [3.05, 3.63) is 35.9 Å². The van der Waals surface area contributed by atoms with Crippen LogP contribution in [0.25, 0.3) is 6.08 Å². The normalized spacial score (nSPS) is 15.7. The molecule has 1 fully saturated rings. The second-order valence-corrected chi connectivity index (χ2v) is 4.17. The van der Waals surface area contributed by atoms with Crippen molar-refractivity contribution in [2.24, 2.45) is 0 Å². The van der Waals surface area contributed by atoms with E-state index in [0.717, 1.165) is 5.56 Å². The van der Waals surface area contributed by atoms with Gasteiger partial charge in [0.15, 0.2) is 0 Å². The number of anilines is 1. The fourth-order valence-electron chi connectivity index (χ4n) is 1.67. The van der Waals surface area contributed by atoms with Gasteiger partial charge in [0.2, 0.25) is 17.7 Å². The maximum absolute atomic E-state index is 11.8. The van der Waals surface area contributed by atoms with Crippen LogP contribution in [-0.2, 0) is 14.4 Å². The van der Waals surface area contributed by atoms with Gasteiger partial charge in [-0.3, -0.25) is 19.7 Å². The molecule has 2 rings (SSSR count). The van der Waals surface area contributed by atoms with E-state index in [1.807, 2.05) is 0 Å². The molecule has 1 aliphatic rings. The minimum absolute atomic E-state index is 0.101. The van der Waals surface area contributed by atoms with Crippen molar-refractivity contribution in [2.75, 3.05) is 18.8 Å². The molecule has 0 aromatic heterocycles. The molecule has 0 radical (unpaired) electrons. The number of nitrogens with zero attached hydrogens (tertiary/aromatic N) is 1. The van der Waals surface area contributed by atoms with E-state index < -0.39 is 11.8 Å². The maximum Gasteiger partial charge on any atom is 0.247 e. The summed E-state index contributed by atoms with van der Waals surface area (Å²) in [6.07, 6.45) is 2.94. The Labute approximate surface area is 109 Å². The van der Waals surface area contributed by atoms with Crippen molar-refractivity contribution in [3.8, 4) is 0 Å². The zero-order valence-electron chi connectivity index (χ0n) is 10.1. The lowest BCUT2D eigenvalue weighted by Gasteiger charge is -2.24. The van der Waals surface area contributed by atoms with Crippen LogP contribution in [0.2, 0.25) is 0 Å². The summed E-state index contributed by atoms with van der Waals surface area (Å²) in [5.41, 5.74) is 7.00. The molecule has 1 aromatic carbocycles. The number of nitrogen functional groups attached to an aromatic ring is 1. The summed E-state index contributed by atoms with van der Waals surface area (Å²) in [6.45, 7) is -0.201. The quantitative estimate of drug-likeness (QED) is 0.436. The van der Waals surface area contributed by atoms with Crippen molar-refractivity contribution in [1.82, 2.24) is 10.2 Å². The highest BCUT2D eigenvalue weighted by molar-refractivity contribution is 6.04. The summed E-state index contributed by atoms with van der Waals surface area (Å²) in [6, 6.07) is 6.99. The Balaban J connectivity index is 2.02. The monoisotopic (exact) mass is 259 g/mol. The van der Waals surface area contributed by atoms with Gasteiger partial charge in [-0.15, -0.1) is 0 Å². The van der Waals surface area contributed by atoms with Crippen molar-refractivity contribution in [3.63, 3.8) is 0 Å². The molecule has 1 heterocycles. The van der Waals surface area contributed by atoms with Crippen molar-refractivity contribution in [2.45, 2.75) is 0 Å². The molecule has 6 heteroatoms. The fourth-order valence-corrected chi connectivity index (χ4v) is 1.67. The summed E-state index contributed by atoms with van der Waals surface area (Å²) in [5.74, 6) is -1.31. The van der Waals surface area contributed by atoms with Gasteiger partial charge in [-0.2, -0.15) is 0 Å². The highest BCUT2D eigenvalue weighted by atomic mass is 16.2. The van der Waals surface area contributed by atoms with Gasteiger partial charge in [0.1, 0.15) is 13.1 Å². The number of benzene rings is 1. The smallest absolute Gasteiger partial charge is 0.247 e. The van der Waals surface area contributed by atoms with Crippen LogP contribution in [0.1, 0.15) is 5.56 Å². The zero-order valence-corrected chi connectivity index (χ0v) is 10.1. The number of hydrogen-bond donors (Lipinski definition) is 2. The predicted molar refractivity (Wildman–Crippen MR) is 69.6 cm³/mol. The van der Waals surface area contributed by atoms with Crippen molar-refractivity contribution < 1.29 is 14.4 Å². The van der Waals surface area contributed by atoms with Gasteiger partial charge in [0.05, 0.1) is 0 Å². The van der Waals surface area contributed by atoms with Crippen LogP contribution in [0.15, 0.2) is 30.3 Å². The molecule has 3 N–H and O–H groups in total. The summed E-state index contributed by atoms with van der Waals surface area (Å²) < 4.78 is 0. The van der Waals surface area contributed by atoms with Gasteiger partial charge in [0, 0.05) is 11.8 Å². The first-order chi connectivity index (χ1) is 9.04. The first-order valence-corrected chi connectivity index (χ1v) is 5.70. The number of imide groups is 1. The molecule has 19 heavy (non-hydrogen) atoms. The standard InChI is InChI=1S/C13H13N3O3/c14-10-4-1-9(2-5-10)3-6-13(19)16-7-11(17)15-12(18)8-16/h1-6H,7-8,14H2,(H,15,17,18)/b6-3+. The van der Waals surface area contributed by atoms with Crippen LogP contribution in [0.3, 0.4) is 0 Å². The minimum atomic E-state index is -0.467. The van der Waals surface area contributed by atoms with Gasteiger partial charge in [-0.1, -0.05) is 12.1 Å². The molecule has 6 nitrogen and oxygen atoms in total. The first kappa shape index (κ1) is 12.8. The molecule has 0 spiro atoms. The number of amides is 3. The molecule has 0 unspecified atom stereocenters. The summed E-state index contributed by atoms with van der Waals surface area (Å²) >= 11 is 0. The Morgan fingerprint density at radius 1 is 1.16 bits per heavy atom. The van der Waals surface area contributed by atoms with Crippen LogP contribution in [0, 0.1) is 0 Å². The average Bonchev–Trinajstić information content (AvgIpc) is 2.36. The Morgan fingerprint density at radius 3 is 2.32 bits per heavy atom. The van der Waals surface area contributed by atoms with Crippen molar-refractivity contribution in [1.29, 1.82) is 0 Å². The molecule has 0 atom stereocenters. The number of nitrogens with one attached hydrogen (secondary N) is 1. The number of rotatable bonds is 2. The SMILES string of the molecule is Nc1ccc(/C=C/C(=O)N2CC(=O)NC(=O)C2)cc1. The summed E-state index contributed by atoms with van der Waals surface area (Å²) in [7, 11) is 0. The van der Waals surface area contributed by atoms with Gasteiger partial charge in [0.25, 0.3) is 0 Å². The third-order valence-electron chi connectivity index (χ3n) is 2.61. The molecule has 1 aliphatic heterocycles. The third kappa shape index (κ3) is 3.41. The predicted octanol–water partition coefficient (Wildman–Crippen LogP) is -0.233. The largest absolute Gasteiger partial charge is 0.399 e. The maximum atomic E-state index is 11.8. The second kappa shape index (κ2) is 5.34. The van der Waals surface area contributed by atoms with Crippen LogP contribution in [0.4, 0.5) is 5.69 Å². The molecule has 3 amide bonds. The topological polar surface area (TPSA) is 92.5 Å². The van der Waals surface area contributed by atoms with Crippen molar-refractivity contribution >= 4 is 29.5 Å². The Kier molecular flexibility index (Phi) is 3.61. The summed E-state index contributed by atoms with van der Waals surface area (Å²) in [5, 5.41) is 2.13. The lowest BCUT2D eigenvalue weighted by Crippen LogP contribution is -2.52. The Hall–Kier alpha value is -2.63. The number of nitrogens with two attached hydrogens (primary N) is 1. The lowest BCUT2D eigenvalue weighted by molar-refractivity contribution is -0.143. The van der Waals surface area contributed by atoms with E-state index in [1.165, 1.54) is 11.0 Å². The molecule has 0 aliphatic carbocycles. The highest BCUT2D eigenvalue weighted by Crippen LogP contribution is 2.07. The van der Waals surface area contributed by atoms with Crippen LogP contribution in [-0.4, -0.2) is 35.7 Å². The van der Waals surface area contributed by atoms with E-state index in [9.17, 15) is 14.4 Å². The van der Waals surface area contributed by atoms with Gasteiger partial charge in [-0.05, 0) is 23.8 Å². The first-order valence-electron chi connectivity index (χ1n) is 5.70. The third-order valence-corrected chi connectivity index (χ3v) is 2.61. The molecule has 0 bridgehead atoms. The van der Waals surface area contributed by atoms with Crippen LogP contribution < -0.4 is 11.1 Å². The van der Waals surface area contributed by atoms with Crippen LogP contribution in [0.5, 0.6) is 0 Å². The van der Waals surface area contributed by atoms with E-state index in [0.29, 0.717) is 5.69 Å². The summed E-state index contributed by atoms with van der Waals surface area (Å²) in [4.78, 5) is 35.3. The molecule has 1 saturated heterocycles. The second-order valence-electron chi connectivity index (χ2n) is 4.17. The number of hydrogen-bond acceptors (Lipinski definition) is 4. The van der Waals surface area contributed by atoms with E-state index >= 15 is 0 Å². The average molecular weight is 259 g/mol. The van der Waals surface area contributed by atoms with Gasteiger partial charge >= 0.3 is 0 Å². The van der Waals surface area contributed by atoms with E-state index in [2.05, 4.69) is 5.32 Å².